The molecule has 0 aliphatic carbocycles. The Labute approximate surface area is 109 Å². The lowest BCUT2D eigenvalue weighted by Crippen LogP contribution is -2.12. The molecule has 0 unspecified atom stereocenters. The molecule has 102 valence electrons. The molecule has 0 heterocycles. The van der Waals surface area contributed by atoms with Crippen molar-refractivity contribution in [3.8, 4) is 5.75 Å². The van der Waals surface area contributed by atoms with Crippen molar-refractivity contribution in [1.29, 1.82) is 0 Å². The van der Waals surface area contributed by atoms with Gasteiger partial charge in [0.1, 0.15) is 12.4 Å². The zero-order chi connectivity index (χ0) is 13.2. The smallest absolute Gasteiger partial charge is 0.123 e. The highest BCUT2D eigenvalue weighted by molar-refractivity contribution is 5.36. The lowest BCUT2D eigenvalue weighted by atomic mass is 10.1. The van der Waals surface area contributed by atoms with E-state index in [1.54, 1.807) is 7.11 Å². The monoisotopic (exact) mass is 253 g/mol. The van der Waals surface area contributed by atoms with Crippen molar-refractivity contribution >= 4 is 0 Å². The van der Waals surface area contributed by atoms with Crippen LogP contribution in [0, 0.1) is 6.92 Å². The highest BCUT2D eigenvalue weighted by atomic mass is 16.5. The van der Waals surface area contributed by atoms with Crippen LogP contribution in [0.3, 0.4) is 0 Å². The van der Waals surface area contributed by atoms with E-state index in [1.807, 2.05) is 13.1 Å². The summed E-state index contributed by atoms with van der Waals surface area (Å²) in [5.41, 5.74) is 2.42. The van der Waals surface area contributed by atoms with Gasteiger partial charge in [-0.3, -0.25) is 0 Å². The van der Waals surface area contributed by atoms with Crippen LogP contribution in [0.5, 0.6) is 5.75 Å². The van der Waals surface area contributed by atoms with Gasteiger partial charge in [0, 0.05) is 19.2 Å². The molecule has 1 aromatic carbocycles. The Kier molecular flexibility index (Phi) is 7.41. The first-order chi connectivity index (χ1) is 8.77. The third kappa shape index (κ3) is 5.49. The average Bonchev–Trinajstić information content (AvgIpc) is 2.36. The maximum Gasteiger partial charge on any atom is 0.123 e. The first-order valence-corrected chi connectivity index (χ1v) is 6.21. The summed E-state index contributed by atoms with van der Waals surface area (Å²) < 4.78 is 16.0. The Balaban J connectivity index is 2.36. The van der Waals surface area contributed by atoms with Gasteiger partial charge < -0.3 is 19.5 Å². The van der Waals surface area contributed by atoms with Gasteiger partial charge in [0.2, 0.25) is 0 Å². The Hall–Kier alpha value is -1.10. The van der Waals surface area contributed by atoms with Crippen LogP contribution in [0.2, 0.25) is 0 Å². The van der Waals surface area contributed by atoms with Gasteiger partial charge in [-0.05, 0) is 20.0 Å². The zero-order valence-corrected chi connectivity index (χ0v) is 11.5. The second-order valence-electron chi connectivity index (χ2n) is 4.10. The molecule has 4 heteroatoms. The van der Waals surface area contributed by atoms with Gasteiger partial charge >= 0.3 is 0 Å². The van der Waals surface area contributed by atoms with Gasteiger partial charge in [0.25, 0.3) is 0 Å². The third-order valence-electron chi connectivity index (χ3n) is 2.50. The van der Waals surface area contributed by atoms with Crippen LogP contribution in [0.25, 0.3) is 0 Å². The van der Waals surface area contributed by atoms with Gasteiger partial charge in [-0.25, -0.2) is 0 Å². The molecular formula is C14H23NO3. The van der Waals surface area contributed by atoms with Crippen molar-refractivity contribution in [3.05, 3.63) is 29.3 Å². The molecule has 0 aliphatic heterocycles. The van der Waals surface area contributed by atoms with Crippen LogP contribution in [-0.4, -0.2) is 40.6 Å². The number of nitrogens with one attached hydrogen (secondary N) is 1. The highest BCUT2D eigenvalue weighted by Gasteiger charge is 2.03. The molecule has 0 aliphatic rings. The number of aryl methyl sites for hydroxylation is 1. The van der Waals surface area contributed by atoms with Gasteiger partial charge in [0.15, 0.2) is 0 Å². The molecule has 0 saturated heterocycles. The standard InChI is InChI=1S/C14H23NO3/c1-12-4-5-14(13(10-12)11-15-2)18-9-8-17-7-6-16-3/h4-5,10,15H,6-9,11H2,1-3H3. The average molecular weight is 253 g/mol. The zero-order valence-electron chi connectivity index (χ0n) is 11.5. The molecule has 0 radical (unpaired) electrons. The quantitative estimate of drug-likeness (QED) is 0.681. The fraction of sp³-hybridized carbons (Fsp3) is 0.571. The van der Waals surface area contributed by atoms with Crippen molar-refractivity contribution in [2.45, 2.75) is 13.5 Å². The Morgan fingerprint density at radius 1 is 1.11 bits per heavy atom. The molecule has 0 amide bonds. The van der Waals surface area contributed by atoms with E-state index in [0.29, 0.717) is 26.4 Å². The number of methoxy groups -OCH3 is 1. The molecule has 1 rings (SSSR count). The maximum absolute atomic E-state index is 5.72. The van der Waals surface area contributed by atoms with Gasteiger partial charge in [-0.15, -0.1) is 0 Å². The van der Waals surface area contributed by atoms with Crippen LogP contribution in [0.4, 0.5) is 0 Å². The molecule has 18 heavy (non-hydrogen) atoms. The van der Waals surface area contributed by atoms with Crippen LogP contribution < -0.4 is 10.1 Å². The normalized spacial score (nSPS) is 10.6. The first kappa shape index (κ1) is 15.0. The van der Waals surface area contributed by atoms with Gasteiger partial charge in [-0.1, -0.05) is 17.7 Å². The topological polar surface area (TPSA) is 39.7 Å². The minimum Gasteiger partial charge on any atom is -0.491 e. The molecule has 0 saturated carbocycles. The SMILES string of the molecule is CNCc1cc(C)ccc1OCCOCCOC. The van der Waals surface area contributed by atoms with E-state index < -0.39 is 0 Å². The van der Waals surface area contributed by atoms with E-state index in [-0.39, 0.29) is 0 Å². The summed E-state index contributed by atoms with van der Waals surface area (Å²) in [5.74, 6) is 0.922. The van der Waals surface area contributed by atoms with E-state index in [2.05, 4.69) is 24.4 Å². The summed E-state index contributed by atoms with van der Waals surface area (Å²) in [6.45, 7) is 5.25. The predicted octanol–water partition coefficient (Wildman–Crippen LogP) is 1.76. The second kappa shape index (κ2) is 8.91. The van der Waals surface area contributed by atoms with Crippen LogP contribution in [-0.2, 0) is 16.0 Å². The number of hydrogen-bond acceptors (Lipinski definition) is 4. The lowest BCUT2D eigenvalue weighted by Gasteiger charge is -2.12. The highest BCUT2D eigenvalue weighted by Crippen LogP contribution is 2.19. The summed E-state index contributed by atoms with van der Waals surface area (Å²) in [7, 11) is 3.59. The number of benzene rings is 1. The van der Waals surface area contributed by atoms with Crippen molar-refractivity contribution in [1.82, 2.24) is 5.32 Å². The Morgan fingerprint density at radius 2 is 1.89 bits per heavy atom. The number of rotatable bonds is 9. The van der Waals surface area contributed by atoms with Gasteiger partial charge in [-0.2, -0.15) is 0 Å². The van der Waals surface area contributed by atoms with Crippen LogP contribution in [0.1, 0.15) is 11.1 Å². The minimum absolute atomic E-state index is 0.559. The number of hydrogen-bond donors (Lipinski definition) is 1. The van der Waals surface area contributed by atoms with Crippen molar-refractivity contribution < 1.29 is 14.2 Å². The third-order valence-corrected chi connectivity index (χ3v) is 2.50. The van der Waals surface area contributed by atoms with Crippen molar-refractivity contribution in [3.63, 3.8) is 0 Å². The molecule has 1 N–H and O–H groups in total. The number of ether oxygens (including phenoxy) is 3. The molecule has 0 aromatic heterocycles. The molecular weight excluding hydrogens is 230 g/mol. The summed E-state index contributed by atoms with van der Waals surface area (Å²) in [4.78, 5) is 0. The van der Waals surface area contributed by atoms with E-state index in [0.717, 1.165) is 12.3 Å². The molecule has 1 aromatic rings. The van der Waals surface area contributed by atoms with Crippen molar-refractivity contribution in [2.24, 2.45) is 0 Å². The predicted molar refractivity (Wildman–Crippen MR) is 72.1 cm³/mol. The minimum atomic E-state index is 0.559. The summed E-state index contributed by atoms with van der Waals surface area (Å²) >= 11 is 0. The fourth-order valence-corrected chi connectivity index (χ4v) is 1.63. The summed E-state index contributed by atoms with van der Waals surface area (Å²) in [6, 6.07) is 6.20. The van der Waals surface area contributed by atoms with Crippen LogP contribution >= 0.6 is 0 Å². The maximum atomic E-state index is 5.72. The van der Waals surface area contributed by atoms with Crippen LogP contribution in [0.15, 0.2) is 18.2 Å². The Bertz CT molecular complexity index is 342. The molecule has 0 bridgehead atoms. The molecule has 0 fully saturated rings. The molecule has 0 spiro atoms. The summed E-state index contributed by atoms with van der Waals surface area (Å²) in [5, 5.41) is 3.14. The fourth-order valence-electron chi connectivity index (χ4n) is 1.63. The van der Waals surface area contributed by atoms with Crippen molar-refractivity contribution in [2.75, 3.05) is 40.6 Å². The lowest BCUT2D eigenvalue weighted by molar-refractivity contribution is 0.0542. The molecule has 0 atom stereocenters. The first-order valence-electron chi connectivity index (χ1n) is 6.21. The van der Waals surface area contributed by atoms with Gasteiger partial charge in [0.05, 0.1) is 19.8 Å². The van der Waals surface area contributed by atoms with E-state index in [9.17, 15) is 0 Å². The molecule has 4 nitrogen and oxygen atoms in total. The Morgan fingerprint density at radius 3 is 2.61 bits per heavy atom. The van der Waals surface area contributed by atoms with E-state index in [1.165, 1.54) is 11.1 Å². The van der Waals surface area contributed by atoms with E-state index in [4.69, 9.17) is 14.2 Å². The largest absolute Gasteiger partial charge is 0.491 e. The second-order valence-corrected chi connectivity index (χ2v) is 4.10. The van der Waals surface area contributed by atoms with E-state index >= 15 is 0 Å². The summed E-state index contributed by atoms with van der Waals surface area (Å²) in [6.07, 6.45) is 0.